The van der Waals surface area contributed by atoms with E-state index >= 15 is 0 Å². The fraction of sp³-hybridized carbons (Fsp3) is 0.667. The van der Waals surface area contributed by atoms with E-state index in [0.29, 0.717) is 57.1 Å². The van der Waals surface area contributed by atoms with E-state index < -0.39 is 164 Å². The Labute approximate surface area is 483 Å². The first-order valence-corrected chi connectivity index (χ1v) is 28.3. The van der Waals surface area contributed by atoms with Gasteiger partial charge in [0, 0.05) is 25.7 Å². The molecule has 0 heterocycles. The Hall–Kier alpha value is -7.34. The molecule has 1 rings (SSSR count). The van der Waals surface area contributed by atoms with Crippen molar-refractivity contribution in [2.45, 2.75) is 197 Å². The summed E-state index contributed by atoms with van der Waals surface area (Å²) in [6.07, 6.45) is -0.481. The van der Waals surface area contributed by atoms with Crippen LogP contribution in [-0.2, 0) is 64.0 Å². The summed E-state index contributed by atoms with van der Waals surface area (Å²) >= 11 is 0. The van der Waals surface area contributed by atoms with Crippen molar-refractivity contribution in [3.8, 4) is 0 Å². The molecule has 0 saturated heterocycles. The van der Waals surface area contributed by atoms with Crippen LogP contribution in [0.15, 0.2) is 30.3 Å². The molecule has 0 radical (unpaired) electrons. The Kier molecular flexibility index (Phi) is 36.9. The van der Waals surface area contributed by atoms with Crippen molar-refractivity contribution < 1.29 is 78.0 Å². The van der Waals surface area contributed by atoms with Crippen molar-refractivity contribution >= 4 is 71.1 Å². The van der Waals surface area contributed by atoms with Crippen LogP contribution in [0.3, 0.4) is 0 Å². The summed E-state index contributed by atoms with van der Waals surface area (Å²) in [6.45, 7) is 4.54. The monoisotopic (exact) mass is 1180 g/mol. The molecule has 0 aromatic heterocycles. The van der Waals surface area contributed by atoms with Gasteiger partial charge in [-0.2, -0.15) is 0 Å². The van der Waals surface area contributed by atoms with Crippen molar-refractivity contribution in [3.63, 3.8) is 0 Å². The molecule has 1 aromatic rings. The second-order valence-corrected chi connectivity index (χ2v) is 20.4. The molecule has 0 aliphatic heterocycles. The largest absolute Gasteiger partial charge is 0.481 e. The lowest BCUT2D eigenvalue weighted by Crippen LogP contribution is -2.60. The lowest BCUT2D eigenvalue weighted by Gasteiger charge is -2.28. The number of hydrogen-bond acceptors (Lipinski definition) is 17. The van der Waals surface area contributed by atoms with Gasteiger partial charge in [-0.15, -0.1) is 0 Å². The zero-order chi connectivity index (χ0) is 62.4. The number of carboxylic acids is 4. The summed E-state index contributed by atoms with van der Waals surface area (Å²) < 4.78 is 0. The predicted octanol–water partition coefficient (Wildman–Crippen LogP) is -2.32. The Morgan fingerprint density at radius 2 is 0.651 bits per heavy atom. The topological polar surface area (TPSA) is 512 Å². The predicted molar refractivity (Wildman–Crippen MR) is 303 cm³/mol. The average molecular weight is 1180 g/mol. The normalized spacial score (nSPS) is 14.7. The van der Waals surface area contributed by atoms with Crippen LogP contribution in [-0.4, -0.2) is 172 Å². The minimum Gasteiger partial charge on any atom is -0.481 e. The van der Waals surface area contributed by atoms with Crippen LogP contribution >= 0.6 is 0 Å². The van der Waals surface area contributed by atoms with Gasteiger partial charge in [-0.3, -0.25) is 52.7 Å². The molecule has 0 unspecified atom stereocenters. The van der Waals surface area contributed by atoms with E-state index in [1.807, 2.05) is 6.92 Å². The molecule has 29 nitrogen and oxygen atoms in total. The van der Waals surface area contributed by atoms with Crippen LogP contribution in [0.4, 0.5) is 0 Å². The SMILES string of the molecule is CC[C@H](C)[C@H](N)C(=O)N[C@@H](CCCCN)C(=O)N[C@@H](CCCCN)C(=O)N[C@@H](CCCCN)C(=O)N[C@@H](CCC(=O)O)C(=O)N[C@@H](CCC(=O)O)C(=O)N[C@@H](CCCCN)C(=O)N[C@@H](Cc1ccccc1)C(=O)N[C@@H](CCC(=O)O)C(=O)O. The molecule has 0 aliphatic carbocycles. The number of carbonyl (C=O) groups is 12. The third kappa shape index (κ3) is 30.5. The number of amides is 8. The number of unbranched alkanes of at least 4 members (excludes halogenated alkanes) is 4. The van der Waals surface area contributed by atoms with Crippen LogP contribution < -0.4 is 71.2 Å². The van der Waals surface area contributed by atoms with Gasteiger partial charge in [0.25, 0.3) is 0 Å². The minimum atomic E-state index is -1.77. The van der Waals surface area contributed by atoms with Gasteiger partial charge in [0.1, 0.15) is 48.3 Å². The summed E-state index contributed by atoms with van der Waals surface area (Å²) in [7, 11) is 0. The molecular formula is C54H91N13O16. The number of nitrogens with two attached hydrogens (primary N) is 5. The number of aliphatic carboxylic acids is 4. The maximum atomic E-state index is 14.3. The van der Waals surface area contributed by atoms with E-state index in [0.717, 1.165) is 0 Å². The highest BCUT2D eigenvalue weighted by atomic mass is 16.4. The smallest absolute Gasteiger partial charge is 0.326 e. The maximum absolute atomic E-state index is 14.3. The highest BCUT2D eigenvalue weighted by Gasteiger charge is 2.36. The van der Waals surface area contributed by atoms with Crippen molar-refractivity contribution in [2.75, 3.05) is 26.2 Å². The first-order valence-electron chi connectivity index (χ1n) is 28.3. The molecular weight excluding hydrogens is 1090 g/mol. The Balaban J connectivity index is 3.66. The highest BCUT2D eigenvalue weighted by Crippen LogP contribution is 2.13. The number of hydrogen-bond donors (Lipinski definition) is 17. The van der Waals surface area contributed by atoms with Gasteiger partial charge in [0.15, 0.2) is 0 Å². The molecule has 1 aromatic carbocycles. The average Bonchev–Trinajstić information content (AvgIpc) is 3.45. The van der Waals surface area contributed by atoms with Gasteiger partial charge < -0.3 is 91.6 Å². The van der Waals surface area contributed by atoms with Crippen LogP contribution in [0.2, 0.25) is 0 Å². The lowest BCUT2D eigenvalue weighted by molar-refractivity contribution is -0.143. The van der Waals surface area contributed by atoms with Gasteiger partial charge in [-0.05, 0) is 134 Å². The Bertz CT molecular complexity index is 2250. The Morgan fingerprint density at radius 1 is 0.386 bits per heavy atom. The molecule has 83 heavy (non-hydrogen) atoms. The van der Waals surface area contributed by atoms with Gasteiger partial charge in [-0.25, -0.2) is 4.79 Å². The number of nitrogens with one attached hydrogen (secondary N) is 8. The highest BCUT2D eigenvalue weighted by molar-refractivity contribution is 5.98. The molecule has 0 saturated carbocycles. The fourth-order valence-electron chi connectivity index (χ4n) is 8.39. The van der Waals surface area contributed by atoms with Crippen LogP contribution in [0, 0.1) is 5.92 Å². The van der Waals surface area contributed by atoms with Crippen LogP contribution in [0.1, 0.15) is 141 Å². The second-order valence-electron chi connectivity index (χ2n) is 20.4. The fourth-order valence-corrected chi connectivity index (χ4v) is 8.39. The van der Waals surface area contributed by atoms with E-state index in [1.165, 1.54) is 0 Å². The Morgan fingerprint density at radius 3 is 0.940 bits per heavy atom. The molecule has 0 bridgehead atoms. The first-order chi connectivity index (χ1) is 39.4. The molecule has 8 amide bonds. The third-order valence-electron chi connectivity index (χ3n) is 13.6. The summed E-state index contributed by atoms with van der Waals surface area (Å²) in [5, 5.41) is 58.4. The standard InChI is InChI=1S/C54H91N13O16/c1-3-32(2)45(59)53(81)65-37(20-10-14-30-58)48(76)61-34(17-7-11-27-55)46(74)60-35(18-8-12-28-56)47(75)63-39(22-25-43(70)71)51(79)64-38(21-24-42(68)69)50(78)62-36(19-9-13-29-57)49(77)67-41(31-33-15-5-4-6-16-33)52(80)66-40(54(82)83)23-26-44(72)73/h4-6,15-16,32,34-41,45H,3,7-14,17-31,55-59H2,1-2H3,(H,60,74)(H,61,76)(H,62,78)(H,63,75)(H,64,79)(H,65,81)(H,66,80)(H,67,77)(H,68,69)(H,70,71)(H,72,73)(H,82,83)/t32-,34-,35-,36-,37-,38-,39-,40-,41-,45-/m0/s1. The molecule has 10 atom stereocenters. The van der Waals surface area contributed by atoms with Crippen molar-refractivity contribution in [1.29, 1.82) is 0 Å². The third-order valence-corrected chi connectivity index (χ3v) is 13.6. The summed E-state index contributed by atoms with van der Waals surface area (Å²) in [4.78, 5) is 159. The summed E-state index contributed by atoms with van der Waals surface area (Å²) in [5.41, 5.74) is 29.6. The number of benzene rings is 1. The van der Waals surface area contributed by atoms with E-state index in [9.17, 15) is 72.9 Å². The zero-order valence-corrected chi connectivity index (χ0v) is 47.7. The van der Waals surface area contributed by atoms with E-state index in [1.54, 1.807) is 37.3 Å². The van der Waals surface area contributed by atoms with Crippen LogP contribution in [0.5, 0.6) is 0 Å². The molecule has 0 aliphatic rings. The number of rotatable bonds is 46. The molecule has 22 N–H and O–H groups in total. The van der Waals surface area contributed by atoms with Crippen molar-refractivity contribution in [3.05, 3.63) is 35.9 Å². The molecule has 0 fully saturated rings. The molecule has 468 valence electrons. The molecule has 0 spiro atoms. The number of carbonyl (C=O) groups excluding carboxylic acids is 8. The lowest BCUT2D eigenvalue weighted by atomic mass is 9.98. The minimum absolute atomic E-state index is 0.0354. The summed E-state index contributed by atoms with van der Waals surface area (Å²) in [6, 6.07) is -4.78. The van der Waals surface area contributed by atoms with Gasteiger partial charge >= 0.3 is 23.9 Å². The quantitative estimate of drug-likeness (QED) is 0.0305. The van der Waals surface area contributed by atoms with Gasteiger partial charge in [0.2, 0.25) is 47.3 Å². The van der Waals surface area contributed by atoms with Crippen molar-refractivity contribution in [1.82, 2.24) is 42.5 Å². The van der Waals surface area contributed by atoms with Crippen molar-refractivity contribution in [2.24, 2.45) is 34.6 Å². The second kappa shape index (κ2) is 41.6. The molecule has 29 heteroatoms. The zero-order valence-electron chi connectivity index (χ0n) is 47.7. The summed E-state index contributed by atoms with van der Waals surface area (Å²) in [5.74, 6) is -13.3. The van der Waals surface area contributed by atoms with Crippen LogP contribution in [0.25, 0.3) is 0 Å². The number of carboxylic acid groups (broad SMARTS) is 4. The van der Waals surface area contributed by atoms with E-state index in [4.69, 9.17) is 33.8 Å². The van der Waals surface area contributed by atoms with E-state index in [-0.39, 0.29) is 70.5 Å². The van der Waals surface area contributed by atoms with E-state index in [2.05, 4.69) is 42.5 Å². The van der Waals surface area contributed by atoms with Gasteiger partial charge in [0.05, 0.1) is 6.04 Å². The first kappa shape index (κ1) is 73.7. The maximum Gasteiger partial charge on any atom is 0.326 e. The van der Waals surface area contributed by atoms with Gasteiger partial charge in [-0.1, -0.05) is 50.6 Å².